The van der Waals surface area contributed by atoms with Gasteiger partial charge in [0, 0.05) is 0 Å². The van der Waals surface area contributed by atoms with Crippen LogP contribution in [0.2, 0.25) is 0 Å². The molecule has 6 unspecified atom stereocenters. The topological polar surface area (TPSA) is 162 Å². The predicted octanol–water partition coefficient (Wildman–Crippen LogP) is 8.90. The molecular weight excluding hydrogens is 668 g/mol. The fourth-order valence-electron chi connectivity index (χ4n) is 7.13. The molecule has 8 nitrogen and oxygen atoms in total. The molecule has 0 spiro atoms. The highest BCUT2D eigenvalue weighted by Crippen LogP contribution is 2.31. The van der Waals surface area contributed by atoms with E-state index in [2.05, 4.69) is 32.9 Å². The summed E-state index contributed by atoms with van der Waals surface area (Å²) in [5, 5.41) is 83.6. The van der Waals surface area contributed by atoms with Crippen LogP contribution in [0.3, 0.4) is 0 Å². The second-order valence-corrected chi connectivity index (χ2v) is 18.9. The maximum absolute atomic E-state index is 11.0. The summed E-state index contributed by atoms with van der Waals surface area (Å²) in [5.41, 5.74) is -1.63. The maximum atomic E-state index is 11.0. The van der Waals surface area contributed by atoms with Crippen LogP contribution < -0.4 is 0 Å². The molecule has 0 aromatic rings. The normalized spacial score (nSPS) is 19.9. The average molecular weight is 755 g/mol. The van der Waals surface area contributed by atoms with Crippen molar-refractivity contribution in [3.05, 3.63) is 34.9 Å². The highest BCUT2D eigenvalue weighted by Gasteiger charge is 2.31. The first-order valence-corrected chi connectivity index (χ1v) is 20.8. The lowest BCUT2D eigenvalue weighted by molar-refractivity contribution is -0.0649. The molecule has 0 bridgehead atoms. The number of aliphatic hydroxyl groups excluding tert-OH is 2. The first-order valence-electron chi connectivity index (χ1n) is 20.8. The van der Waals surface area contributed by atoms with Crippen molar-refractivity contribution in [2.75, 3.05) is 6.61 Å². The molecule has 0 saturated heterocycles. The van der Waals surface area contributed by atoms with E-state index in [-0.39, 0.29) is 6.61 Å². The zero-order valence-electron chi connectivity index (χ0n) is 35.9. The molecule has 53 heavy (non-hydrogen) atoms. The lowest BCUT2D eigenvalue weighted by Crippen LogP contribution is -2.38. The summed E-state index contributed by atoms with van der Waals surface area (Å²) in [5.74, 6) is 0. The van der Waals surface area contributed by atoms with Gasteiger partial charge in [-0.15, -0.1) is 0 Å². The zero-order valence-corrected chi connectivity index (χ0v) is 35.9. The Bertz CT molecular complexity index is 1070. The summed E-state index contributed by atoms with van der Waals surface area (Å²) >= 11 is 0. The Labute approximate surface area is 325 Å². The largest absolute Gasteiger partial charge is 0.392 e. The van der Waals surface area contributed by atoms with Crippen molar-refractivity contribution in [3.63, 3.8) is 0 Å². The van der Waals surface area contributed by atoms with Crippen molar-refractivity contribution in [2.45, 2.75) is 244 Å². The van der Waals surface area contributed by atoms with E-state index >= 15 is 0 Å². The van der Waals surface area contributed by atoms with E-state index in [0.717, 1.165) is 51.4 Å². The quantitative estimate of drug-likeness (QED) is 0.0326. The minimum atomic E-state index is -1.21. The molecule has 0 saturated carbocycles. The number of aliphatic hydroxyl groups is 8. The van der Waals surface area contributed by atoms with Gasteiger partial charge in [-0.25, -0.2) is 0 Å². The molecular formula is C45H86O8. The molecule has 0 radical (unpaired) electrons. The lowest BCUT2D eigenvalue weighted by atomic mass is 9.83. The van der Waals surface area contributed by atoms with E-state index in [1.54, 1.807) is 27.7 Å². The Morgan fingerprint density at radius 3 is 1.04 bits per heavy atom. The van der Waals surface area contributed by atoms with Gasteiger partial charge in [-0.05, 0) is 204 Å². The smallest absolute Gasteiger partial charge is 0.0849 e. The van der Waals surface area contributed by atoms with E-state index < -0.39 is 39.7 Å². The van der Waals surface area contributed by atoms with Crippen LogP contribution in [0.4, 0.5) is 0 Å². The number of allylic oxidation sites excluding steroid dienone is 5. The van der Waals surface area contributed by atoms with Crippen LogP contribution in [0.5, 0.6) is 0 Å². The number of hydrogen-bond acceptors (Lipinski definition) is 8. The second-order valence-electron chi connectivity index (χ2n) is 18.9. The van der Waals surface area contributed by atoms with Gasteiger partial charge in [0.25, 0.3) is 0 Å². The molecule has 0 amide bonds. The first kappa shape index (κ1) is 51.9. The van der Waals surface area contributed by atoms with Gasteiger partial charge in [-0.1, -0.05) is 34.9 Å². The summed E-state index contributed by atoms with van der Waals surface area (Å²) in [6.07, 6.45) is 20.1. The molecule has 8 heteroatoms. The minimum absolute atomic E-state index is 0.109. The van der Waals surface area contributed by atoms with Gasteiger partial charge in [-0.2, -0.15) is 0 Å². The summed E-state index contributed by atoms with van der Waals surface area (Å²) in [6.45, 7) is 18.7. The van der Waals surface area contributed by atoms with Crippen molar-refractivity contribution in [1.29, 1.82) is 0 Å². The van der Waals surface area contributed by atoms with Crippen LogP contribution in [0.25, 0.3) is 0 Å². The van der Waals surface area contributed by atoms with Crippen LogP contribution in [-0.2, 0) is 0 Å². The fraction of sp³-hybridized carbons (Fsp3) is 0.867. The molecule has 0 aliphatic heterocycles. The molecule has 0 aliphatic rings. The van der Waals surface area contributed by atoms with Gasteiger partial charge in [0.05, 0.1) is 46.3 Å². The van der Waals surface area contributed by atoms with E-state index in [1.807, 2.05) is 26.8 Å². The van der Waals surface area contributed by atoms with Gasteiger partial charge in [0.1, 0.15) is 0 Å². The Hall–Kier alpha value is -1.10. The molecule has 0 heterocycles. The Balaban J connectivity index is 4.36. The van der Waals surface area contributed by atoms with Gasteiger partial charge in [0.15, 0.2) is 0 Å². The maximum Gasteiger partial charge on any atom is 0.0849 e. The molecule has 6 atom stereocenters. The van der Waals surface area contributed by atoms with Crippen molar-refractivity contribution in [2.24, 2.45) is 0 Å². The Morgan fingerprint density at radius 1 is 0.434 bits per heavy atom. The molecule has 0 aliphatic carbocycles. The highest BCUT2D eigenvalue weighted by atomic mass is 16.3. The van der Waals surface area contributed by atoms with E-state index in [4.69, 9.17) is 5.11 Å². The number of hydrogen-bond donors (Lipinski definition) is 8. The SMILES string of the molecule is CC(=CCO)CCC=C(C)CCC=C(C)CCCC(C)(O)CCCC(C)(O)CCCC(C)(O)CCCC(C)(O)CCCC(C)(O)CCC(O)C(C)(C)O. The third kappa shape index (κ3) is 28.9. The van der Waals surface area contributed by atoms with Crippen LogP contribution in [0, 0.1) is 0 Å². The molecule has 314 valence electrons. The molecule has 8 N–H and O–H groups in total. The van der Waals surface area contributed by atoms with Gasteiger partial charge >= 0.3 is 0 Å². The predicted molar refractivity (Wildman–Crippen MR) is 221 cm³/mol. The molecule has 0 rings (SSSR count). The minimum Gasteiger partial charge on any atom is -0.392 e. The van der Waals surface area contributed by atoms with Crippen molar-refractivity contribution < 1.29 is 40.9 Å². The summed E-state index contributed by atoms with van der Waals surface area (Å²) < 4.78 is 0. The summed E-state index contributed by atoms with van der Waals surface area (Å²) in [7, 11) is 0. The van der Waals surface area contributed by atoms with E-state index in [1.165, 1.54) is 16.7 Å². The average Bonchev–Trinajstić information content (AvgIpc) is 2.98. The Morgan fingerprint density at radius 2 is 0.717 bits per heavy atom. The van der Waals surface area contributed by atoms with E-state index in [9.17, 15) is 35.7 Å². The second kappa shape index (κ2) is 24.5. The van der Waals surface area contributed by atoms with Crippen molar-refractivity contribution in [3.8, 4) is 0 Å². The van der Waals surface area contributed by atoms with Crippen LogP contribution >= 0.6 is 0 Å². The lowest BCUT2D eigenvalue weighted by Gasteiger charge is -2.31. The standard InChI is InChI=1S/C45H86O8/c1-36(19-12-21-38(3)24-35-46)18-11-20-37(2)22-13-25-41(6,49)26-14-27-42(7,50)28-15-29-43(8,51)30-16-31-44(9,52)32-17-33-45(10,53)34-23-39(47)40(4,5)48/h19-20,24,39,46-53H,11-18,21-23,25-35H2,1-10H3. The van der Waals surface area contributed by atoms with Crippen LogP contribution in [-0.4, -0.2) is 87.2 Å². The first-order chi connectivity index (χ1) is 24.2. The van der Waals surface area contributed by atoms with Crippen LogP contribution in [0.1, 0.15) is 204 Å². The monoisotopic (exact) mass is 755 g/mol. The third-order valence-corrected chi connectivity index (χ3v) is 11.3. The summed E-state index contributed by atoms with van der Waals surface area (Å²) in [4.78, 5) is 0. The van der Waals surface area contributed by atoms with Crippen molar-refractivity contribution in [1.82, 2.24) is 0 Å². The van der Waals surface area contributed by atoms with E-state index in [0.29, 0.717) is 83.5 Å². The molecule has 0 aromatic carbocycles. The third-order valence-electron chi connectivity index (χ3n) is 11.3. The van der Waals surface area contributed by atoms with Gasteiger partial charge in [-0.3, -0.25) is 0 Å². The number of rotatable bonds is 31. The highest BCUT2D eigenvalue weighted by molar-refractivity contribution is 5.06. The zero-order chi connectivity index (χ0) is 41.0. The van der Waals surface area contributed by atoms with Crippen molar-refractivity contribution >= 4 is 0 Å². The van der Waals surface area contributed by atoms with Gasteiger partial charge in [0.2, 0.25) is 0 Å². The molecule has 0 aromatic heterocycles. The fourth-order valence-corrected chi connectivity index (χ4v) is 7.13. The van der Waals surface area contributed by atoms with Crippen LogP contribution in [0.15, 0.2) is 34.9 Å². The summed E-state index contributed by atoms with van der Waals surface area (Å²) in [6, 6.07) is 0. The van der Waals surface area contributed by atoms with Gasteiger partial charge < -0.3 is 40.9 Å². The Kier molecular flexibility index (Phi) is 24.0. The molecule has 0 fully saturated rings.